The van der Waals surface area contributed by atoms with Crippen LogP contribution in [-0.4, -0.2) is 44.6 Å². The number of carbonyl (C=O) groups is 1. The summed E-state index contributed by atoms with van der Waals surface area (Å²) in [6.45, 7) is 6.12. The molecule has 1 rings (SSSR count). The van der Waals surface area contributed by atoms with Crippen molar-refractivity contribution in [2.45, 2.75) is 26.7 Å². The summed E-state index contributed by atoms with van der Waals surface area (Å²) in [5, 5.41) is 3.04. The van der Waals surface area contributed by atoms with Gasteiger partial charge in [-0.05, 0) is 57.1 Å². The molecule has 4 heteroatoms. The van der Waals surface area contributed by atoms with Crippen molar-refractivity contribution in [1.82, 2.24) is 10.2 Å². The minimum Gasteiger partial charge on any atom is -0.492 e. The molecule has 0 aliphatic heterocycles. The molecule has 112 valence electrons. The Morgan fingerprint density at radius 2 is 1.90 bits per heavy atom. The molecule has 0 aliphatic rings. The number of nitrogens with one attached hydrogen (secondary N) is 1. The summed E-state index contributed by atoms with van der Waals surface area (Å²) < 4.78 is 5.71. The first-order valence-electron chi connectivity index (χ1n) is 7.12. The molecule has 4 nitrogen and oxygen atoms in total. The number of benzene rings is 1. The molecule has 0 bridgehead atoms. The number of hydrogen-bond donors (Lipinski definition) is 1. The summed E-state index contributed by atoms with van der Waals surface area (Å²) in [6.07, 6.45) is 1.46. The Bertz CT molecular complexity index is 412. The molecule has 0 unspecified atom stereocenters. The average Bonchev–Trinajstić information content (AvgIpc) is 2.37. The number of carbonyl (C=O) groups excluding carboxylic acids is 1. The number of ether oxygens (including phenoxy) is 1. The minimum atomic E-state index is 0.171. The van der Waals surface area contributed by atoms with Crippen LogP contribution in [-0.2, 0) is 4.79 Å². The maximum absolute atomic E-state index is 11.8. The van der Waals surface area contributed by atoms with Gasteiger partial charge in [-0.1, -0.05) is 6.07 Å². The average molecular weight is 278 g/mol. The number of rotatable bonds is 8. The van der Waals surface area contributed by atoms with Crippen molar-refractivity contribution in [3.63, 3.8) is 0 Å². The van der Waals surface area contributed by atoms with Gasteiger partial charge < -0.3 is 15.0 Å². The molecule has 20 heavy (non-hydrogen) atoms. The first kappa shape index (κ1) is 16.5. The Morgan fingerprint density at radius 1 is 1.25 bits per heavy atom. The Labute approximate surface area is 122 Å². The summed E-state index contributed by atoms with van der Waals surface area (Å²) >= 11 is 0. The SMILES string of the molecule is CNCCCC(=O)N(C)CCOc1cc(C)cc(C)c1. The quantitative estimate of drug-likeness (QED) is 0.741. The van der Waals surface area contributed by atoms with Crippen LogP contribution in [0.1, 0.15) is 24.0 Å². The van der Waals surface area contributed by atoms with Crippen molar-refractivity contribution in [1.29, 1.82) is 0 Å². The Balaban J connectivity index is 2.30. The van der Waals surface area contributed by atoms with Crippen LogP contribution in [0.4, 0.5) is 0 Å². The zero-order valence-electron chi connectivity index (χ0n) is 13.0. The predicted molar refractivity (Wildman–Crippen MR) is 82.2 cm³/mol. The van der Waals surface area contributed by atoms with E-state index in [0.29, 0.717) is 19.6 Å². The summed E-state index contributed by atoms with van der Waals surface area (Å²) in [7, 11) is 3.72. The summed E-state index contributed by atoms with van der Waals surface area (Å²) in [5.41, 5.74) is 2.38. The monoisotopic (exact) mass is 278 g/mol. The molecule has 0 saturated carbocycles. The van der Waals surface area contributed by atoms with Crippen molar-refractivity contribution in [2.24, 2.45) is 0 Å². The van der Waals surface area contributed by atoms with Gasteiger partial charge in [-0.25, -0.2) is 0 Å². The van der Waals surface area contributed by atoms with E-state index in [-0.39, 0.29) is 5.91 Å². The van der Waals surface area contributed by atoms with E-state index in [2.05, 4.69) is 25.2 Å². The third-order valence-electron chi connectivity index (χ3n) is 3.13. The first-order valence-corrected chi connectivity index (χ1v) is 7.12. The zero-order valence-corrected chi connectivity index (χ0v) is 13.0. The highest BCUT2D eigenvalue weighted by molar-refractivity contribution is 5.75. The smallest absolute Gasteiger partial charge is 0.222 e. The van der Waals surface area contributed by atoms with E-state index in [1.54, 1.807) is 4.90 Å². The fourth-order valence-electron chi connectivity index (χ4n) is 2.05. The van der Waals surface area contributed by atoms with Gasteiger partial charge in [0.15, 0.2) is 0 Å². The normalized spacial score (nSPS) is 10.4. The lowest BCUT2D eigenvalue weighted by molar-refractivity contribution is -0.130. The van der Waals surface area contributed by atoms with Gasteiger partial charge in [0.25, 0.3) is 0 Å². The van der Waals surface area contributed by atoms with Gasteiger partial charge in [0, 0.05) is 13.5 Å². The largest absolute Gasteiger partial charge is 0.492 e. The second kappa shape index (κ2) is 8.59. The van der Waals surface area contributed by atoms with Crippen LogP contribution in [0.5, 0.6) is 5.75 Å². The van der Waals surface area contributed by atoms with E-state index in [1.807, 2.05) is 26.2 Å². The van der Waals surface area contributed by atoms with Crippen LogP contribution in [0.2, 0.25) is 0 Å². The second-order valence-electron chi connectivity index (χ2n) is 5.19. The van der Waals surface area contributed by atoms with Gasteiger partial charge in [-0.2, -0.15) is 0 Å². The first-order chi connectivity index (χ1) is 9.52. The van der Waals surface area contributed by atoms with Gasteiger partial charge >= 0.3 is 0 Å². The maximum Gasteiger partial charge on any atom is 0.222 e. The third-order valence-corrected chi connectivity index (χ3v) is 3.13. The topological polar surface area (TPSA) is 41.6 Å². The Hall–Kier alpha value is -1.55. The second-order valence-corrected chi connectivity index (χ2v) is 5.19. The highest BCUT2D eigenvalue weighted by Crippen LogP contribution is 2.16. The standard InChI is InChI=1S/C16H26N2O2/c1-13-10-14(2)12-15(11-13)20-9-8-18(4)16(19)6-5-7-17-3/h10-12,17H,5-9H2,1-4H3. The fourth-order valence-corrected chi connectivity index (χ4v) is 2.05. The van der Waals surface area contributed by atoms with E-state index >= 15 is 0 Å². The van der Waals surface area contributed by atoms with Crippen molar-refractivity contribution in [3.8, 4) is 5.75 Å². The Morgan fingerprint density at radius 3 is 2.50 bits per heavy atom. The van der Waals surface area contributed by atoms with Crippen LogP contribution in [0, 0.1) is 13.8 Å². The van der Waals surface area contributed by atoms with Gasteiger partial charge in [-0.3, -0.25) is 4.79 Å². The molecule has 0 aromatic heterocycles. The number of amides is 1. The van der Waals surface area contributed by atoms with Crippen LogP contribution in [0.25, 0.3) is 0 Å². The summed E-state index contributed by atoms with van der Waals surface area (Å²) in [6, 6.07) is 6.15. The van der Waals surface area contributed by atoms with Crippen molar-refractivity contribution in [2.75, 3.05) is 33.8 Å². The van der Waals surface area contributed by atoms with E-state index in [1.165, 1.54) is 11.1 Å². The van der Waals surface area contributed by atoms with E-state index in [0.717, 1.165) is 18.7 Å². The highest BCUT2D eigenvalue weighted by atomic mass is 16.5. The van der Waals surface area contributed by atoms with Gasteiger partial charge in [0.1, 0.15) is 12.4 Å². The third kappa shape index (κ3) is 6.06. The van der Waals surface area contributed by atoms with Crippen molar-refractivity contribution in [3.05, 3.63) is 29.3 Å². The highest BCUT2D eigenvalue weighted by Gasteiger charge is 2.08. The molecule has 0 fully saturated rings. The fraction of sp³-hybridized carbons (Fsp3) is 0.562. The minimum absolute atomic E-state index is 0.171. The number of hydrogen-bond acceptors (Lipinski definition) is 3. The van der Waals surface area contributed by atoms with Gasteiger partial charge in [0.05, 0.1) is 6.54 Å². The Kier molecular flexibility index (Phi) is 7.09. The number of nitrogens with zero attached hydrogens (tertiary/aromatic N) is 1. The summed E-state index contributed by atoms with van der Waals surface area (Å²) in [5.74, 6) is 1.04. The van der Waals surface area contributed by atoms with Crippen LogP contribution >= 0.6 is 0 Å². The molecule has 0 aliphatic carbocycles. The van der Waals surface area contributed by atoms with E-state index < -0.39 is 0 Å². The molecular formula is C16H26N2O2. The lowest BCUT2D eigenvalue weighted by Gasteiger charge is -2.17. The molecule has 0 atom stereocenters. The molecule has 1 aromatic rings. The molecular weight excluding hydrogens is 252 g/mol. The molecule has 0 heterocycles. The number of aryl methyl sites for hydroxylation is 2. The lowest BCUT2D eigenvalue weighted by Crippen LogP contribution is -2.31. The van der Waals surface area contributed by atoms with Gasteiger partial charge in [-0.15, -0.1) is 0 Å². The zero-order chi connectivity index (χ0) is 15.0. The van der Waals surface area contributed by atoms with Crippen LogP contribution in [0.3, 0.4) is 0 Å². The van der Waals surface area contributed by atoms with Crippen LogP contribution in [0.15, 0.2) is 18.2 Å². The van der Waals surface area contributed by atoms with E-state index in [4.69, 9.17) is 4.74 Å². The molecule has 1 aromatic carbocycles. The van der Waals surface area contributed by atoms with Gasteiger partial charge in [0.2, 0.25) is 5.91 Å². The van der Waals surface area contributed by atoms with Crippen molar-refractivity contribution < 1.29 is 9.53 Å². The predicted octanol–water partition coefficient (Wildman–Crippen LogP) is 2.14. The van der Waals surface area contributed by atoms with Crippen LogP contribution < -0.4 is 10.1 Å². The maximum atomic E-state index is 11.8. The molecule has 1 N–H and O–H groups in total. The molecule has 0 saturated heterocycles. The van der Waals surface area contributed by atoms with E-state index in [9.17, 15) is 4.79 Å². The lowest BCUT2D eigenvalue weighted by atomic mass is 10.1. The number of likely N-dealkylation sites (N-methyl/N-ethyl adjacent to an activating group) is 1. The summed E-state index contributed by atoms with van der Waals surface area (Å²) in [4.78, 5) is 13.5. The molecule has 1 amide bonds. The molecule has 0 radical (unpaired) electrons. The van der Waals surface area contributed by atoms with Crippen molar-refractivity contribution >= 4 is 5.91 Å². The molecule has 0 spiro atoms.